The zero-order valence-corrected chi connectivity index (χ0v) is 18.3. The summed E-state index contributed by atoms with van der Waals surface area (Å²) < 4.78 is 11.2. The van der Waals surface area contributed by atoms with Crippen molar-refractivity contribution in [1.82, 2.24) is 0 Å². The smallest absolute Gasteiger partial charge is 0.333 e. The number of benzene rings is 2. The van der Waals surface area contributed by atoms with Gasteiger partial charge in [-0.05, 0) is 71.4 Å². The molecule has 2 aromatic rings. The van der Waals surface area contributed by atoms with E-state index in [0.717, 1.165) is 29.7 Å². The van der Waals surface area contributed by atoms with E-state index in [9.17, 15) is 9.90 Å². The Hall–Kier alpha value is -3.37. The van der Waals surface area contributed by atoms with Gasteiger partial charge in [-0.2, -0.15) is 0 Å². The molecule has 0 aliphatic heterocycles. The molecule has 0 radical (unpaired) electrons. The highest BCUT2D eigenvalue weighted by Gasteiger charge is 2.18. The number of carbonyl (C=O) groups is 1. The lowest BCUT2D eigenvalue weighted by Crippen LogP contribution is -2.26. The van der Waals surface area contributed by atoms with Crippen LogP contribution in [0.2, 0.25) is 0 Å². The van der Waals surface area contributed by atoms with Crippen molar-refractivity contribution in [3.05, 3.63) is 101 Å². The van der Waals surface area contributed by atoms with Gasteiger partial charge in [0.05, 0.1) is 0 Å². The maximum Gasteiger partial charge on any atom is 0.333 e. The molecule has 164 valence electrons. The van der Waals surface area contributed by atoms with Crippen LogP contribution in [-0.2, 0) is 16.0 Å². The minimum absolute atomic E-state index is 0.335. The third-order valence-electron chi connectivity index (χ3n) is 5.75. The third kappa shape index (κ3) is 5.09. The number of allylic oxidation sites excluding steroid dienone is 7. The average Bonchev–Trinajstić information content (AvgIpc) is 2.97. The standard InChI is InChI=1S/C28H28O4/c1-2-31-27(28(29)30)19-20-11-15-23(16-12-20)32-18-17-22-14-13-21-7-3-4-8-24(21)26-10-6-5-9-25(22)26/h3,5-7,9-17,27H,2,4,8,18-19H2,1H3,(H,29,30). The first kappa shape index (κ1) is 21.8. The number of carboxylic acid groups (broad SMARTS) is 1. The molecule has 0 spiro atoms. The monoisotopic (exact) mass is 428 g/mol. The van der Waals surface area contributed by atoms with Crippen molar-refractivity contribution in [2.45, 2.75) is 32.3 Å². The van der Waals surface area contributed by atoms with E-state index < -0.39 is 12.1 Å². The van der Waals surface area contributed by atoms with E-state index in [2.05, 4.69) is 54.6 Å². The lowest BCUT2D eigenvalue weighted by Gasteiger charge is -2.16. The van der Waals surface area contributed by atoms with E-state index in [0.29, 0.717) is 19.6 Å². The van der Waals surface area contributed by atoms with Gasteiger partial charge in [-0.25, -0.2) is 4.79 Å². The molecule has 2 aromatic carbocycles. The average molecular weight is 429 g/mol. The molecule has 0 amide bonds. The molecule has 1 N–H and O–H groups in total. The van der Waals surface area contributed by atoms with Crippen LogP contribution >= 0.6 is 0 Å². The second kappa shape index (κ2) is 10.3. The second-order valence-corrected chi connectivity index (χ2v) is 7.85. The van der Waals surface area contributed by atoms with Crippen LogP contribution in [0.4, 0.5) is 0 Å². The molecule has 2 aliphatic rings. The van der Waals surface area contributed by atoms with Crippen LogP contribution in [-0.4, -0.2) is 30.4 Å². The molecule has 0 fully saturated rings. The molecule has 2 aliphatic carbocycles. The predicted octanol–water partition coefficient (Wildman–Crippen LogP) is 5.85. The van der Waals surface area contributed by atoms with Crippen LogP contribution in [0.3, 0.4) is 0 Å². The molecule has 1 atom stereocenters. The Morgan fingerprint density at radius 3 is 2.59 bits per heavy atom. The molecule has 0 saturated carbocycles. The number of carboxylic acids is 1. The quantitative estimate of drug-likeness (QED) is 0.573. The van der Waals surface area contributed by atoms with E-state index in [4.69, 9.17) is 9.47 Å². The normalized spacial score (nSPS) is 17.0. The minimum atomic E-state index is -0.942. The Morgan fingerprint density at radius 2 is 1.84 bits per heavy atom. The van der Waals surface area contributed by atoms with Gasteiger partial charge in [0.25, 0.3) is 0 Å². The van der Waals surface area contributed by atoms with Crippen LogP contribution in [0, 0.1) is 0 Å². The van der Waals surface area contributed by atoms with Gasteiger partial charge in [0.15, 0.2) is 6.10 Å². The highest BCUT2D eigenvalue weighted by atomic mass is 16.5. The SMILES string of the molecule is CCOC(Cc1ccc(OCC=C2C=CC3=C(CCC=C3)c3ccccc32)cc1)C(=O)O. The number of ether oxygens (including phenoxy) is 2. The Kier molecular flexibility index (Phi) is 7.03. The van der Waals surface area contributed by atoms with Crippen LogP contribution < -0.4 is 4.74 Å². The van der Waals surface area contributed by atoms with Crippen molar-refractivity contribution in [2.75, 3.05) is 13.2 Å². The Morgan fingerprint density at radius 1 is 1.06 bits per heavy atom. The molecule has 0 aromatic heterocycles. The predicted molar refractivity (Wildman–Crippen MR) is 128 cm³/mol. The van der Waals surface area contributed by atoms with Crippen LogP contribution in [0.15, 0.2) is 84.5 Å². The van der Waals surface area contributed by atoms with E-state index in [1.807, 2.05) is 24.3 Å². The highest BCUT2D eigenvalue weighted by molar-refractivity contribution is 5.89. The zero-order valence-electron chi connectivity index (χ0n) is 18.3. The molecular formula is C28H28O4. The van der Waals surface area contributed by atoms with E-state index in [1.165, 1.54) is 22.3 Å². The van der Waals surface area contributed by atoms with Crippen molar-refractivity contribution < 1.29 is 19.4 Å². The lowest BCUT2D eigenvalue weighted by molar-refractivity contribution is -0.149. The Labute approximate surface area is 189 Å². The maximum atomic E-state index is 11.3. The van der Waals surface area contributed by atoms with Gasteiger partial charge >= 0.3 is 5.97 Å². The van der Waals surface area contributed by atoms with Crippen molar-refractivity contribution in [3.8, 4) is 5.75 Å². The van der Waals surface area contributed by atoms with E-state index in [-0.39, 0.29) is 0 Å². The fourth-order valence-electron chi connectivity index (χ4n) is 4.16. The number of fused-ring (bicyclic) bond motifs is 2. The van der Waals surface area contributed by atoms with Crippen LogP contribution in [0.25, 0.3) is 11.1 Å². The summed E-state index contributed by atoms with van der Waals surface area (Å²) in [6.07, 6.45) is 12.6. The number of hydrogen-bond donors (Lipinski definition) is 1. The van der Waals surface area contributed by atoms with Gasteiger partial charge in [-0.3, -0.25) is 0 Å². The molecule has 0 heterocycles. The summed E-state index contributed by atoms with van der Waals surface area (Å²) in [5, 5.41) is 9.25. The number of aliphatic carboxylic acids is 1. The zero-order chi connectivity index (χ0) is 22.3. The fraction of sp³-hybridized carbons (Fsp3) is 0.250. The largest absolute Gasteiger partial charge is 0.490 e. The maximum absolute atomic E-state index is 11.3. The summed E-state index contributed by atoms with van der Waals surface area (Å²) >= 11 is 0. The second-order valence-electron chi connectivity index (χ2n) is 7.85. The lowest BCUT2D eigenvalue weighted by atomic mass is 9.89. The van der Waals surface area contributed by atoms with Crippen LogP contribution in [0.5, 0.6) is 5.75 Å². The van der Waals surface area contributed by atoms with Gasteiger partial charge in [0, 0.05) is 13.0 Å². The number of rotatable bonds is 8. The first-order valence-electron chi connectivity index (χ1n) is 11.1. The summed E-state index contributed by atoms with van der Waals surface area (Å²) in [5.41, 5.74) is 7.29. The molecule has 4 nitrogen and oxygen atoms in total. The van der Waals surface area contributed by atoms with E-state index >= 15 is 0 Å². The third-order valence-corrected chi connectivity index (χ3v) is 5.75. The van der Waals surface area contributed by atoms with E-state index in [1.54, 1.807) is 6.92 Å². The highest BCUT2D eigenvalue weighted by Crippen LogP contribution is 2.37. The summed E-state index contributed by atoms with van der Waals surface area (Å²) in [6, 6.07) is 16.1. The summed E-state index contributed by atoms with van der Waals surface area (Å²) in [4.78, 5) is 11.3. The van der Waals surface area contributed by atoms with Gasteiger partial charge < -0.3 is 14.6 Å². The Bertz CT molecular complexity index is 1090. The number of hydrogen-bond acceptors (Lipinski definition) is 3. The molecule has 4 rings (SSSR count). The topological polar surface area (TPSA) is 55.8 Å². The van der Waals surface area contributed by atoms with Gasteiger partial charge in [0.2, 0.25) is 0 Å². The first-order chi connectivity index (χ1) is 15.7. The van der Waals surface area contributed by atoms with Gasteiger partial charge in [-0.1, -0.05) is 60.7 Å². The first-order valence-corrected chi connectivity index (χ1v) is 11.1. The van der Waals surface area contributed by atoms with Gasteiger partial charge in [0.1, 0.15) is 12.4 Å². The van der Waals surface area contributed by atoms with Crippen molar-refractivity contribution in [1.29, 1.82) is 0 Å². The molecule has 0 bridgehead atoms. The van der Waals surface area contributed by atoms with Crippen molar-refractivity contribution in [2.24, 2.45) is 0 Å². The fourth-order valence-corrected chi connectivity index (χ4v) is 4.16. The summed E-state index contributed by atoms with van der Waals surface area (Å²) in [6.45, 7) is 2.62. The molecular weight excluding hydrogens is 400 g/mol. The van der Waals surface area contributed by atoms with Crippen LogP contribution in [0.1, 0.15) is 36.5 Å². The molecule has 4 heteroatoms. The van der Waals surface area contributed by atoms with Crippen molar-refractivity contribution in [3.63, 3.8) is 0 Å². The minimum Gasteiger partial charge on any atom is -0.490 e. The molecule has 0 saturated heterocycles. The Balaban J connectivity index is 1.44. The summed E-state index contributed by atoms with van der Waals surface area (Å²) in [7, 11) is 0. The van der Waals surface area contributed by atoms with Gasteiger partial charge in [-0.15, -0.1) is 0 Å². The van der Waals surface area contributed by atoms with Crippen molar-refractivity contribution >= 4 is 17.1 Å². The molecule has 32 heavy (non-hydrogen) atoms. The summed E-state index contributed by atoms with van der Waals surface area (Å²) in [5.74, 6) is -0.192. The molecule has 1 unspecified atom stereocenters.